The molecule has 1 saturated heterocycles. The number of hydrogen-bond acceptors (Lipinski definition) is 3. The molecule has 0 aromatic heterocycles. The molecular weight excluding hydrogens is 306 g/mol. The third-order valence-electron chi connectivity index (χ3n) is 4.14. The Labute approximate surface area is 140 Å². The molecule has 0 radical (unpaired) electrons. The zero-order valence-electron chi connectivity index (χ0n) is 13.8. The van der Waals surface area contributed by atoms with Gasteiger partial charge in [-0.2, -0.15) is 0 Å². The molecule has 126 valence electrons. The van der Waals surface area contributed by atoms with Crippen molar-refractivity contribution in [1.82, 2.24) is 15.5 Å². The van der Waals surface area contributed by atoms with Crippen molar-refractivity contribution in [3.63, 3.8) is 0 Å². The van der Waals surface area contributed by atoms with Crippen LogP contribution in [0.2, 0.25) is 0 Å². The van der Waals surface area contributed by atoms with E-state index in [1.165, 1.54) is 0 Å². The summed E-state index contributed by atoms with van der Waals surface area (Å²) in [5.41, 5.74) is 0.591. The van der Waals surface area contributed by atoms with Gasteiger partial charge in [0.05, 0.1) is 18.2 Å². The van der Waals surface area contributed by atoms with Gasteiger partial charge < -0.3 is 20.3 Å². The van der Waals surface area contributed by atoms with Gasteiger partial charge in [0.15, 0.2) is 0 Å². The summed E-state index contributed by atoms with van der Waals surface area (Å²) >= 11 is 0. The molecule has 0 saturated carbocycles. The summed E-state index contributed by atoms with van der Waals surface area (Å²) in [6.07, 6.45) is 0. The number of rotatable bonds is 4. The first-order chi connectivity index (χ1) is 11.6. The maximum absolute atomic E-state index is 13.0. The normalized spacial score (nSPS) is 14.2. The number of nitrogens with zero attached hydrogens (tertiary/aromatic N) is 1. The molecule has 0 unspecified atom stereocenters. The van der Waals surface area contributed by atoms with E-state index in [0.717, 1.165) is 10.8 Å². The molecule has 0 aliphatic carbocycles. The summed E-state index contributed by atoms with van der Waals surface area (Å²) in [7, 11) is 1.57. The highest BCUT2D eigenvalue weighted by atomic mass is 16.5. The molecule has 3 amide bonds. The molecule has 2 aromatic carbocycles. The number of carbonyl (C=O) groups excluding carboxylic acids is 2. The van der Waals surface area contributed by atoms with Gasteiger partial charge in [0.25, 0.3) is 5.91 Å². The number of likely N-dealkylation sites (tertiary alicyclic amines) is 1. The van der Waals surface area contributed by atoms with Crippen LogP contribution in [-0.4, -0.2) is 49.6 Å². The summed E-state index contributed by atoms with van der Waals surface area (Å²) in [6.45, 7) is 3.40. The minimum Gasteiger partial charge on any atom is -0.493 e. The molecule has 2 N–H and O–H groups in total. The molecule has 0 bridgehead atoms. The van der Waals surface area contributed by atoms with Crippen molar-refractivity contribution >= 4 is 22.7 Å². The molecule has 1 aliphatic heterocycles. The van der Waals surface area contributed by atoms with Crippen molar-refractivity contribution in [2.75, 3.05) is 26.7 Å². The lowest BCUT2D eigenvalue weighted by Gasteiger charge is -2.39. The van der Waals surface area contributed by atoms with Crippen molar-refractivity contribution in [3.05, 3.63) is 42.0 Å². The van der Waals surface area contributed by atoms with E-state index in [2.05, 4.69) is 10.6 Å². The second kappa shape index (κ2) is 6.78. The fourth-order valence-corrected chi connectivity index (χ4v) is 2.90. The van der Waals surface area contributed by atoms with Gasteiger partial charge in [-0.3, -0.25) is 4.79 Å². The second-order valence-corrected chi connectivity index (χ2v) is 5.72. The Morgan fingerprint density at radius 3 is 2.67 bits per heavy atom. The quantitative estimate of drug-likeness (QED) is 0.902. The van der Waals surface area contributed by atoms with Crippen LogP contribution in [0.5, 0.6) is 5.75 Å². The van der Waals surface area contributed by atoms with E-state index in [4.69, 9.17) is 4.74 Å². The van der Waals surface area contributed by atoms with E-state index in [0.29, 0.717) is 31.0 Å². The number of fused-ring (bicyclic) bond motifs is 1. The Kier molecular flexibility index (Phi) is 4.55. The lowest BCUT2D eigenvalue weighted by molar-refractivity contribution is 0.0576. The first-order valence-electron chi connectivity index (χ1n) is 8.06. The summed E-state index contributed by atoms with van der Waals surface area (Å²) < 4.78 is 5.67. The van der Waals surface area contributed by atoms with Crippen LogP contribution in [0.1, 0.15) is 17.3 Å². The number of ether oxygens (including phenoxy) is 1. The van der Waals surface area contributed by atoms with Gasteiger partial charge in [-0.15, -0.1) is 0 Å². The Balaban J connectivity index is 1.84. The number of carbonyl (C=O) groups is 2. The minimum atomic E-state index is -0.229. The molecule has 0 atom stereocenters. The number of amides is 3. The van der Waals surface area contributed by atoms with E-state index in [1.54, 1.807) is 11.9 Å². The average Bonchev–Trinajstić information content (AvgIpc) is 2.57. The number of benzene rings is 2. The highest BCUT2D eigenvalue weighted by molar-refractivity contribution is 6.09. The lowest BCUT2D eigenvalue weighted by Crippen LogP contribution is -2.62. The predicted octanol–water partition coefficient (Wildman–Crippen LogP) is 1.99. The van der Waals surface area contributed by atoms with E-state index in [9.17, 15) is 9.59 Å². The monoisotopic (exact) mass is 327 g/mol. The fourth-order valence-electron chi connectivity index (χ4n) is 2.90. The first kappa shape index (κ1) is 16.1. The van der Waals surface area contributed by atoms with Gasteiger partial charge in [0.1, 0.15) is 5.75 Å². The van der Waals surface area contributed by atoms with Crippen molar-refractivity contribution in [2.45, 2.75) is 13.0 Å². The van der Waals surface area contributed by atoms with Gasteiger partial charge >= 0.3 is 6.03 Å². The summed E-state index contributed by atoms with van der Waals surface area (Å²) in [6, 6.07) is 11.3. The second-order valence-electron chi connectivity index (χ2n) is 5.72. The SMILES string of the molecule is CCOc1ccc2ccccc2c1C(=O)N1CC(NC(=O)NC)C1. The molecule has 6 heteroatoms. The molecule has 2 aromatic rings. The maximum atomic E-state index is 13.0. The van der Waals surface area contributed by atoms with Crippen molar-refractivity contribution in [2.24, 2.45) is 0 Å². The predicted molar refractivity (Wildman–Crippen MR) is 92.4 cm³/mol. The highest BCUT2D eigenvalue weighted by Crippen LogP contribution is 2.30. The lowest BCUT2D eigenvalue weighted by atomic mass is 10.00. The number of hydrogen-bond donors (Lipinski definition) is 2. The largest absolute Gasteiger partial charge is 0.493 e. The van der Waals surface area contributed by atoms with Crippen LogP contribution in [0.3, 0.4) is 0 Å². The van der Waals surface area contributed by atoms with Crippen LogP contribution < -0.4 is 15.4 Å². The van der Waals surface area contributed by atoms with E-state index < -0.39 is 0 Å². The minimum absolute atomic E-state index is 0.0144. The molecule has 3 rings (SSSR count). The van der Waals surface area contributed by atoms with Crippen molar-refractivity contribution in [3.8, 4) is 5.75 Å². The van der Waals surface area contributed by atoms with Crippen LogP contribution in [0, 0.1) is 0 Å². The Bertz CT molecular complexity index is 769. The molecule has 1 fully saturated rings. The number of urea groups is 1. The Morgan fingerprint density at radius 1 is 1.21 bits per heavy atom. The van der Waals surface area contributed by atoms with Crippen LogP contribution in [-0.2, 0) is 0 Å². The van der Waals surface area contributed by atoms with Crippen molar-refractivity contribution < 1.29 is 14.3 Å². The molecule has 0 spiro atoms. The molecular formula is C18H21N3O3. The maximum Gasteiger partial charge on any atom is 0.314 e. The van der Waals surface area contributed by atoms with Crippen LogP contribution >= 0.6 is 0 Å². The third-order valence-corrected chi connectivity index (χ3v) is 4.14. The Morgan fingerprint density at radius 2 is 1.96 bits per heavy atom. The van der Waals surface area contributed by atoms with Crippen LogP contribution in [0.25, 0.3) is 10.8 Å². The molecule has 24 heavy (non-hydrogen) atoms. The van der Waals surface area contributed by atoms with Gasteiger partial charge in [-0.25, -0.2) is 4.79 Å². The van der Waals surface area contributed by atoms with Crippen LogP contribution in [0.15, 0.2) is 36.4 Å². The average molecular weight is 327 g/mol. The Hall–Kier alpha value is -2.76. The van der Waals surface area contributed by atoms with Gasteiger partial charge in [0, 0.05) is 20.1 Å². The summed E-state index contributed by atoms with van der Waals surface area (Å²) in [5, 5.41) is 7.21. The summed E-state index contributed by atoms with van der Waals surface area (Å²) in [5.74, 6) is 0.536. The smallest absolute Gasteiger partial charge is 0.314 e. The molecule has 1 aliphatic rings. The first-order valence-corrected chi connectivity index (χ1v) is 8.06. The van der Waals surface area contributed by atoms with E-state index in [1.807, 2.05) is 43.3 Å². The molecule has 6 nitrogen and oxygen atoms in total. The fraction of sp³-hybridized carbons (Fsp3) is 0.333. The van der Waals surface area contributed by atoms with Gasteiger partial charge in [0.2, 0.25) is 0 Å². The zero-order chi connectivity index (χ0) is 17.1. The summed E-state index contributed by atoms with van der Waals surface area (Å²) in [4.78, 5) is 26.0. The van der Waals surface area contributed by atoms with Crippen LogP contribution in [0.4, 0.5) is 4.79 Å². The van der Waals surface area contributed by atoms with E-state index in [-0.39, 0.29) is 18.0 Å². The van der Waals surface area contributed by atoms with Gasteiger partial charge in [-0.05, 0) is 23.8 Å². The highest BCUT2D eigenvalue weighted by Gasteiger charge is 2.34. The number of nitrogens with one attached hydrogen (secondary N) is 2. The van der Waals surface area contributed by atoms with Gasteiger partial charge in [-0.1, -0.05) is 30.3 Å². The standard InChI is InChI=1S/C18H21N3O3/c1-3-24-15-9-8-12-6-4-5-7-14(12)16(15)17(22)21-10-13(11-21)20-18(23)19-2/h4-9,13H,3,10-11H2,1-2H3,(H2,19,20,23). The topological polar surface area (TPSA) is 70.7 Å². The molecule has 1 heterocycles. The van der Waals surface area contributed by atoms with E-state index >= 15 is 0 Å². The van der Waals surface area contributed by atoms with Crippen molar-refractivity contribution in [1.29, 1.82) is 0 Å². The third kappa shape index (κ3) is 2.99. The zero-order valence-corrected chi connectivity index (χ0v) is 13.8.